The number of carbonyl (C=O) groups excluding carboxylic acids is 4. The van der Waals surface area contributed by atoms with E-state index in [1.54, 1.807) is 36.0 Å². The zero-order valence-electron chi connectivity index (χ0n) is 26.6. The van der Waals surface area contributed by atoms with Crippen molar-refractivity contribution < 1.29 is 19.2 Å². The van der Waals surface area contributed by atoms with Crippen LogP contribution in [0.5, 0.6) is 0 Å². The van der Waals surface area contributed by atoms with E-state index in [1.807, 2.05) is 37.9 Å². The minimum absolute atomic E-state index is 0.00355. The average molecular weight is 609 g/mol. The minimum Gasteiger partial charge on any atom is -0.344 e. The van der Waals surface area contributed by atoms with Gasteiger partial charge in [-0.05, 0) is 57.5 Å². The summed E-state index contributed by atoms with van der Waals surface area (Å²) in [6.07, 6.45) is 8.05. The number of nitrogens with one attached hydrogen (secondary N) is 3. The molecule has 5 amide bonds. The van der Waals surface area contributed by atoms with E-state index in [1.165, 1.54) is 5.01 Å². The molecule has 12 heteroatoms. The maximum atomic E-state index is 13.6. The zero-order chi connectivity index (χ0) is 31.6. The summed E-state index contributed by atoms with van der Waals surface area (Å²) in [5.74, 6) is -0.625. The number of rotatable bonds is 9. The number of likely N-dealkylation sites (N-methyl/N-ethyl adjacent to an activating group) is 1. The highest BCUT2D eigenvalue weighted by atomic mass is 16.2. The fraction of sp³-hybridized carbons (Fsp3) is 0.594. The van der Waals surface area contributed by atoms with Gasteiger partial charge in [-0.2, -0.15) is 5.10 Å². The quantitative estimate of drug-likeness (QED) is 0.295. The van der Waals surface area contributed by atoms with Crippen LogP contribution < -0.4 is 16.1 Å². The standard InChI is InChI=1S/C32H48N8O4/c1-5-29(41)35-27(31(43)38-20-18-37(4)19-21-38)22-24-12-14-25(15-13-24)34-32(44)40(26-10-8-6-7-9-11-26)36-30(42)28-16-17-33-39(28)23(2)3/h12-17,23,26-27H,5-11,18-22H2,1-4H3,(H,34,44)(H,35,41)(H,36,42)/t27-/m1/s1. The van der Waals surface area contributed by atoms with Crippen LogP contribution >= 0.6 is 0 Å². The Bertz CT molecular complexity index is 1260. The molecule has 0 bridgehead atoms. The molecule has 1 aromatic heterocycles. The summed E-state index contributed by atoms with van der Waals surface area (Å²) >= 11 is 0. The number of urea groups is 1. The number of benzene rings is 1. The van der Waals surface area contributed by atoms with Gasteiger partial charge < -0.3 is 20.4 Å². The lowest BCUT2D eigenvalue weighted by Crippen LogP contribution is -2.54. The fourth-order valence-electron chi connectivity index (χ4n) is 5.78. The van der Waals surface area contributed by atoms with Crippen LogP contribution in [0.25, 0.3) is 0 Å². The molecule has 1 aliphatic heterocycles. The molecular formula is C32H48N8O4. The van der Waals surface area contributed by atoms with Crippen molar-refractivity contribution in [1.82, 2.24) is 35.3 Å². The Morgan fingerprint density at radius 1 is 0.955 bits per heavy atom. The predicted octanol–water partition coefficient (Wildman–Crippen LogP) is 3.58. The van der Waals surface area contributed by atoms with E-state index in [-0.39, 0.29) is 29.8 Å². The van der Waals surface area contributed by atoms with Crippen LogP contribution in [0.3, 0.4) is 0 Å². The molecule has 1 saturated carbocycles. The molecule has 1 aliphatic carbocycles. The van der Waals surface area contributed by atoms with E-state index < -0.39 is 12.1 Å². The van der Waals surface area contributed by atoms with Gasteiger partial charge in [-0.1, -0.05) is 44.7 Å². The first-order chi connectivity index (χ1) is 21.2. The van der Waals surface area contributed by atoms with Crippen molar-refractivity contribution in [1.29, 1.82) is 0 Å². The number of anilines is 1. The first kappa shape index (κ1) is 33.0. The second-order valence-electron chi connectivity index (χ2n) is 12.1. The third kappa shape index (κ3) is 8.81. The number of hydrogen-bond donors (Lipinski definition) is 3. The van der Waals surface area contributed by atoms with Crippen molar-refractivity contribution in [2.75, 3.05) is 38.5 Å². The first-order valence-corrected chi connectivity index (χ1v) is 16.0. The smallest absolute Gasteiger partial charge is 0.340 e. The van der Waals surface area contributed by atoms with Gasteiger partial charge in [-0.15, -0.1) is 0 Å². The Labute approximate surface area is 260 Å². The van der Waals surface area contributed by atoms with Crippen molar-refractivity contribution in [2.45, 2.75) is 90.3 Å². The summed E-state index contributed by atoms with van der Waals surface area (Å²) in [6, 6.07) is 7.73. The van der Waals surface area contributed by atoms with E-state index in [4.69, 9.17) is 0 Å². The summed E-state index contributed by atoms with van der Waals surface area (Å²) in [5, 5.41) is 11.6. The Balaban J connectivity index is 1.45. The molecule has 1 saturated heterocycles. The molecule has 2 aliphatic rings. The van der Waals surface area contributed by atoms with E-state index in [0.717, 1.165) is 57.2 Å². The highest BCUT2D eigenvalue weighted by Crippen LogP contribution is 2.23. The Morgan fingerprint density at radius 2 is 1.61 bits per heavy atom. The van der Waals surface area contributed by atoms with Crippen LogP contribution in [-0.4, -0.2) is 93.7 Å². The molecule has 44 heavy (non-hydrogen) atoms. The van der Waals surface area contributed by atoms with Gasteiger partial charge in [0, 0.05) is 56.9 Å². The molecule has 1 atom stereocenters. The lowest BCUT2D eigenvalue weighted by atomic mass is 10.0. The average Bonchev–Trinajstić information content (AvgIpc) is 3.37. The number of amides is 5. The Kier molecular flexibility index (Phi) is 11.8. The minimum atomic E-state index is -0.661. The maximum absolute atomic E-state index is 13.6. The third-order valence-corrected chi connectivity index (χ3v) is 8.44. The van der Waals surface area contributed by atoms with Crippen LogP contribution in [0.15, 0.2) is 36.5 Å². The monoisotopic (exact) mass is 608 g/mol. The lowest BCUT2D eigenvalue weighted by molar-refractivity contribution is -0.137. The molecular weight excluding hydrogens is 560 g/mol. The molecule has 0 radical (unpaired) electrons. The number of hydrazine groups is 1. The number of aromatic nitrogens is 2. The molecule has 0 spiro atoms. The maximum Gasteiger partial charge on any atom is 0.340 e. The molecule has 2 aromatic rings. The van der Waals surface area contributed by atoms with Gasteiger partial charge in [-0.25, -0.2) is 9.80 Å². The molecule has 0 unspecified atom stereocenters. The van der Waals surface area contributed by atoms with Crippen molar-refractivity contribution in [2.24, 2.45) is 0 Å². The van der Waals surface area contributed by atoms with E-state index in [0.29, 0.717) is 37.3 Å². The van der Waals surface area contributed by atoms with E-state index in [9.17, 15) is 19.2 Å². The molecule has 2 heterocycles. The highest BCUT2D eigenvalue weighted by molar-refractivity contribution is 5.96. The predicted molar refractivity (Wildman–Crippen MR) is 169 cm³/mol. The normalized spacial score (nSPS) is 17.1. The molecule has 1 aromatic carbocycles. The highest BCUT2D eigenvalue weighted by Gasteiger charge is 2.30. The second kappa shape index (κ2) is 15.7. The first-order valence-electron chi connectivity index (χ1n) is 16.0. The summed E-state index contributed by atoms with van der Waals surface area (Å²) < 4.78 is 1.64. The number of hydrogen-bond acceptors (Lipinski definition) is 6. The number of nitrogens with zero attached hydrogens (tertiary/aromatic N) is 5. The largest absolute Gasteiger partial charge is 0.344 e. The topological polar surface area (TPSA) is 132 Å². The van der Waals surface area contributed by atoms with E-state index in [2.05, 4.69) is 26.1 Å². The Hall–Kier alpha value is -3.93. The zero-order valence-corrected chi connectivity index (χ0v) is 26.6. The summed E-state index contributed by atoms with van der Waals surface area (Å²) in [7, 11) is 2.03. The molecule has 2 fully saturated rings. The van der Waals surface area contributed by atoms with Gasteiger partial charge in [0.2, 0.25) is 11.8 Å². The lowest BCUT2D eigenvalue weighted by Gasteiger charge is -2.34. The molecule has 4 rings (SSSR count). The molecule has 240 valence electrons. The third-order valence-electron chi connectivity index (χ3n) is 8.44. The van der Waals surface area contributed by atoms with Crippen molar-refractivity contribution in [3.63, 3.8) is 0 Å². The van der Waals surface area contributed by atoms with Crippen LogP contribution in [0.1, 0.15) is 87.8 Å². The van der Waals surface area contributed by atoms with Crippen molar-refractivity contribution in [3.05, 3.63) is 47.8 Å². The van der Waals surface area contributed by atoms with Gasteiger partial charge >= 0.3 is 6.03 Å². The fourth-order valence-corrected chi connectivity index (χ4v) is 5.78. The summed E-state index contributed by atoms with van der Waals surface area (Å²) in [4.78, 5) is 56.5. The molecule has 12 nitrogen and oxygen atoms in total. The van der Waals surface area contributed by atoms with Gasteiger partial charge in [0.1, 0.15) is 11.7 Å². The summed E-state index contributed by atoms with van der Waals surface area (Å²) in [5.41, 5.74) is 4.70. The van der Waals surface area contributed by atoms with Gasteiger partial charge in [-0.3, -0.25) is 24.5 Å². The van der Waals surface area contributed by atoms with Crippen molar-refractivity contribution in [3.8, 4) is 0 Å². The van der Waals surface area contributed by atoms with Gasteiger partial charge in [0.15, 0.2) is 0 Å². The van der Waals surface area contributed by atoms with Crippen LogP contribution in [0.2, 0.25) is 0 Å². The van der Waals surface area contributed by atoms with Crippen LogP contribution in [0, 0.1) is 0 Å². The van der Waals surface area contributed by atoms with Gasteiger partial charge in [0.25, 0.3) is 5.91 Å². The Morgan fingerprint density at radius 3 is 2.23 bits per heavy atom. The van der Waals surface area contributed by atoms with Gasteiger partial charge in [0.05, 0.1) is 6.04 Å². The van der Waals surface area contributed by atoms with Crippen LogP contribution in [0.4, 0.5) is 10.5 Å². The SMILES string of the molecule is CCC(=O)N[C@H](Cc1ccc(NC(=O)N(NC(=O)c2ccnn2C(C)C)C2CCCCCC2)cc1)C(=O)N1CCN(C)CC1. The van der Waals surface area contributed by atoms with E-state index >= 15 is 0 Å². The van der Waals surface area contributed by atoms with Crippen molar-refractivity contribution >= 4 is 29.4 Å². The number of piperazine rings is 1. The second-order valence-corrected chi connectivity index (χ2v) is 12.1. The van der Waals surface area contributed by atoms with Crippen LogP contribution in [-0.2, 0) is 16.0 Å². The number of carbonyl (C=O) groups is 4. The molecule has 3 N–H and O–H groups in total. The summed E-state index contributed by atoms with van der Waals surface area (Å²) in [6.45, 7) is 8.53.